The number of carbonyl (C=O) groups is 2. The van der Waals surface area contributed by atoms with Crippen LogP contribution in [0.3, 0.4) is 0 Å². The van der Waals surface area contributed by atoms with Gasteiger partial charge in [0.05, 0.1) is 26.5 Å². The first-order valence-electron chi connectivity index (χ1n) is 12.0. The minimum atomic E-state index is -0.582. The normalized spacial score (nSPS) is 16.5. The van der Waals surface area contributed by atoms with Gasteiger partial charge in [0, 0.05) is 37.0 Å². The van der Waals surface area contributed by atoms with Gasteiger partial charge in [0.2, 0.25) is 0 Å². The zero-order valence-electron chi connectivity index (χ0n) is 21.8. The maximum Gasteiger partial charge on any atom is 0.410 e. The summed E-state index contributed by atoms with van der Waals surface area (Å²) < 4.78 is 16.3. The van der Waals surface area contributed by atoms with Crippen LogP contribution >= 0.6 is 23.2 Å². The van der Waals surface area contributed by atoms with Crippen LogP contribution < -0.4 is 19.3 Å². The van der Waals surface area contributed by atoms with Gasteiger partial charge in [-0.3, -0.25) is 9.80 Å². The van der Waals surface area contributed by atoms with E-state index in [-0.39, 0.29) is 40.4 Å². The zero-order valence-corrected chi connectivity index (χ0v) is 23.3. The number of rotatable bonds is 4. The van der Waals surface area contributed by atoms with Gasteiger partial charge in [-0.1, -0.05) is 23.2 Å². The van der Waals surface area contributed by atoms with Gasteiger partial charge in [0.25, 0.3) is 0 Å². The van der Waals surface area contributed by atoms with Crippen LogP contribution in [0.15, 0.2) is 12.3 Å². The fourth-order valence-electron chi connectivity index (χ4n) is 4.51. The van der Waals surface area contributed by atoms with E-state index in [1.165, 1.54) is 19.1 Å². The Morgan fingerprint density at radius 1 is 1.08 bits per heavy atom. The number of hydrogen-bond donors (Lipinski definition) is 0. The first kappa shape index (κ1) is 27.1. The average Bonchev–Trinajstić information content (AvgIpc) is 2.84. The Labute approximate surface area is 226 Å². The summed E-state index contributed by atoms with van der Waals surface area (Å²) in [5.41, 5.74) is 0.446. The molecule has 1 aromatic heterocycles. The van der Waals surface area contributed by atoms with Gasteiger partial charge < -0.3 is 19.1 Å². The molecule has 1 saturated heterocycles. The summed E-state index contributed by atoms with van der Waals surface area (Å²) in [6.45, 7) is 8.33. The van der Waals surface area contributed by atoms with Gasteiger partial charge in [-0.2, -0.15) is 0 Å². The third kappa shape index (κ3) is 5.36. The molecule has 1 aromatic carbocycles. The Morgan fingerprint density at radius 2 is 1.68 bits per heavy atom. The summed E-state index contributed by atoms with van der Waals surface area (Å²) in [5.74, 6) is 1.75. The van der Waals surface area contributed by atoms with Crippen LogP contribution in [-0.4, -0.2) is 65.9 Å². The molecule has 0 atom stereocenters. The Hall–Kier alpha value is -2.98. The molecule has 0 saturated carbocycles. The van der Waals surface area contributed by atoms with Gasteiger partial charge in [-0.05, 0) is 40.5 Å². The molecule has 3 amide bonds. The molecule has 0 radical (unpaired) electrons. The van der Waals surface area contributed by atoms with Crippen LogP contribution in [0.1, 0.15) is 45.0 Å². The fourth-order valence-corrected chi connectivity index (χ4v) is 5.21. The number of piperidine rings is 1. The molecule has 0 unspecified atom stereocenters. The molecule has 2 aliphatic heterocycles. The quantitative estimate of drug-likeness (QED) is 0.497. The van der Waals surface area contributed by atoms with Crippen molar-refractivity contribution in [3.63, 3.8) is 0 Å². The predicted molar refractivity (Wildman–Crippen MR) is 141 cm³/mol. The highest BCUT2D eigenvalue weighted by Gasteiger charge is 2.41. The first-order chi connectivity index (χ1) is 17.4. The molecule has 0 N–H and O–H groups in total. The second-order valence-corrected chi connectivity index (χ2v) is 10.7. The van der Waals surface area contributed by atoms with E-state index < -0.39 is 5.60 Å². The van der Waals surface area contributed by atoms with E-state index in [0.29, 0.717) is 49.1 Å². The summed E-state index contributed by atoms with van der Waals surface area (Å²) in [6, 6.07) is 1.03. The molecule has 2 aromatic rings. The fraction of sp³-hybridized carbons (Fsp3) is 0.520. The number of nitrogens with zero attached hydrogens (tertiary/aromatic N) is 5. The Balaban J connectivity index is 1.69. The lowest BCUT2D eigenvalue weighted by atomic mass is 10.0. The third-order valence-electron chi connectivity index (χ3n) is 6.26. The number of aryl methyl sites for hydroxylation is 1. The van der Waals surface area contributed by atoms with Gasteiger partial charge >= 0.3 is 12.1 Å². The van der Waals surface area contributed by atoms with Crippen molar-refractivity contribution >= 4 is 46.8 Å². The van der Waals surface area contributed by atoms with E-state index in [1.807, 2.05) is 20.8 Å². The van der Waals surface area contributed by atoms with Crippen molar-refractivity contribution in [1.82, 2.24) is 14.9 Å². The number of methoxy groups -OCH3 is 2. The number of urea groups is 1. The van der Waals surface area contributed by atoms with Crippen LogP contribution in [-0.2, 0) is 11.3 Å². The van der Waals surface area contributed by atoms with Gasteiger partial charge in [0.1, 0.15) is 38.8 Å². The Kier molecular flexibility index (Phi) is 7.62. The second kappa shape index (κ2) is 10.4. The van der Waals surface area contributed by atoms with Crippen LogP contribution in [0.4, 0.5) is 21.1 Å². The van der Waals surface area contributed by atoms with Crippen molar-refractivity contribution in [1.29, 1.82) is 0 Å². The number of aromatic nitrogens is 2. The lowest BCUT2D eigenvalue weighted by Crippen LogP contribution is -2.56. The van der Waals surface area contributed by atoms with Gasteiger partial charge in [-0.25, -0.2) is 19.6 Å². The number of hydrogen-bond acceptors (Lipinski definition) is 7. The maximum absolute atomic E-state index is 14.1. The molecule has 2 aliphatic rings. The highest BCUT2D eigenvalue weighted by Crippen LogP contribution is 2.48. The van der Waals surface area contributed by atoms with Gasteiger partial charge in [-0.15, -0.1) is 0 Å². The monoisotopic (exact) mass is 551 g/mol. The Bertz CT molecular complexity index is 1180. The van der Waals surface area contributed by atoms with Crippen molar-refractivity contribution in [2.45, 2.75) is 58.7 Å². The van der Waals surface area contributed by atoms with E-state index in [9.17, 15) is 9.59 Å². The van der Waals surface area contributed by atoms with E-state index in [4.69, 9.17) is 37.4 Å². The molecule has 3 heterocycles. The molecular weight excluding hydrogens is 521 g/mol. The number of halogens is 2. The number of amides is 3. The highest BCUT2D eigenvalue weighted by atomic mass is 35.5. The molecule has 12 heteroatoms. The van der Waals surface area contributed by atoms with Crippen LogP contribution in [0.2, 0.25) is 10.0 Å². The predicted octanol–water partition coefficient (Wildman–Crippen LogP) is 5.46. The number of ether oxygens (including phenoxy) is 3. The molecular formula is C25H31Cl2N5O5. The number of benzene rings is 1. The minimum absolute atomic E-state index is 0.164. The number of likely N-dealkylation sites (tertiary alicyclic amines) is 1. The molecule has 4 rings (SSSR count). The lowest BCUT2D eigenvalue weighted by molar-refractivity contribution is 0.0206. The van der Waals surface area contributed by atoms with Crippen molar-refractivity contribution in [3.8, 4) is 11.5 Å². The average molecular weight is 552 g/mol. The summed E-state index contributed by atoms with van der Waals surface area (Å²) in [4.78, 5) is 40.5. The van der Waals surface area contributed by atoms with Crippen molar-refractivity contribution in [3.05, 3.63) is 33.7 Å². The largest absolute Gasteiger partial charge is 0.495 e. The highest BCUT2D eigenvalue weighted by molar-refractivity contribution is 6.42. The van der Waals surface area contributed by atoms with E-state index in [1.54, 1.807) is 29.0 Å². The molecule has 0 aliphatic carbocycles. The number of anilines is 2. The summed E-state index contributed by atoms with van der Waals surface area (Å²) in [5, 5.41) is 0.385. The summed E-state index contributed by atoms with van der Waals surface area (Å²) in [6.07, 6.45) is 2.44. The summed E-state index contributed by atoms with van der Waals surface area (Å²) >= 11 is 13.3. The molecule has 200 valence electrons. The van der Waals surface area contributed by atoms with E-state index >= 15 is 0 Å². The maximum atomic E-state index is 14.1. The van der Waals surface area contributed by atoms with Gasteiger partial charge in [0.15, 0.2) is 0 Å². The molecule has 37 heavy (non-hydrogen) atoms. The molecule has 1 fully saturated rings. The summed E-state index contributed by atoms with van der Waals surface area (Å²) in [7, 11) is 2.96. The standard InChI is InChI=1S/C25H31Cl2N5O5/c1-14-28-12-15-13-31(21-19(26)17(35-5)11-18(36-6)20(21)27)23(33)32(22(15)29-14)16-7-9-30(10-8-16)24(34)37-25(2,3)4/h11-12,16H,7-10,13H2,1-6H3. The van der Waals surface area contributed by atoms with E-state index in [0.717, 1.165) is 5.56 Å². The molecule has 0 spiro atoms. The van der Waals surface area contributed by atoms with Crippen molar-refractivity contribution < 1.29 is 23.8 Å². The minimum Gasteiger partial charge on any atom is -0.495 e. The van der Waals surface area contributed by atoms with Crippen LogP contribution in [0.25, 0.3) is 0 Å². The van der Waals surface area contributed by atoms with E-state index in [2.05, 4.69) is 9.97 Å². The lowest BCUT2D eigenvalue weighted by Gasteiger charge is -2.43. The first-order valence-corrected chi connectivity index (χ1v) is 12.7. The topological polar surface area (TPSA) is 97.3 Å². The Morgan fingerprint density at radius 3 is 2.22 bits per heavy atom. The number of carbonyl (C=O) groups excluding carboxylic acids is 2. The second-order valence-electron chi connectivity index (χ2n) is 9.96. The zero-order chi connectivity index (χ0) is 27.1. The van der Waals surface area contributed by atoms with Crippen molar-refractivity contribution in [2.75, 3.05) is 37.1 Å². The smallest absolute Gasteiger partial charge is 0.410 e. The number of fused-ring (bicyclic) bond motifs is 1. The molecule has 0 bridgehead atoms. The van der Waals surface area contributed by atoms with Crippen LogP contribution in [0, 0.1) is 6.92 Å². The third-order valence-corrected chi connectivity index (χ3v) is 6.99. The van der Waals surface area contributed by atoms with Crippen LogP contribution in [0.5, 0.6) is 11.5 Å². The SMILES string of the molecule is COc1cc(OC)c(Cl)c(N2Cc3cnc(C)nc3N(C3CCN(C(=O)OC(C)(C)C)CC3)C2=O)c1Cl. The molecule has 10 nitrogen and oxygen atoms in total. The van der Waals surface area contributed by atoms with Crippen molar-refractivity contribution in [2.24, 2.45) is 0 Å².